The van der Waals surface area contributed by atoms with Crippen LogP contribution in [-0.2, 0) is 0 Å². The van der Waals surface area contributed by atoms with Gasteiger partial charge in [0.25, 0.3) is 7.63 Å². The Bertz CT molecular complexity index is 595. The number of aliphatic hydroxyl groups is 1. The Morgan fingerprint density at radius 2 is 2.06 bits per heavy atom. The van der Waals surface area contributed by atoms with Gasteiger partial charge in [0, 0.05) is 5.56 Å². The summed E-state index contributed by atoms with van der Waals surface area (Å²) in [5.74, 6) is -0.0826. The van der Waals surface area contributed by atoms with Crippen molar-refractivity contribution in [1.29, 1.82) is 1.43 Å². The number of hydrogen-bond acceptors (Lipinski definition) is 3. The second-order valence-electron chi connectivity index (χ2n) is 3.34. The van der Waals surface area contributed by atoms with E-state index in [9.17, 15) is 10.1 Å². The van der Waals surface area contributed by atoms with Gasteiger partial charge in [-0.2, -0.15) is 0 Å². The molecule has 2 rings (SSSR count). The molecule has 4 nitrogen and oxygen atoms in total. The number of nitro groups is 1. The second kappa shape index (κ2) is 4.02. The van der Waals surface area contributed by atoms with Gasteiger partial charge in [0.1, 0.15) is 0 Å². The first-order chi connectivity index (χ1) is 8.20. The smallest absolute Gasteiger partial charge is 0.293 e. The molecule has 0 radical (unpaired) electrons. The molecule has 0 saturated carbocycles. The number of hydrogen-bond donors (Lipinski definition) is 1. The molecule has 0 saturated heterocycles. The second-order valence-corrected chi connectivity index (χ2v) is 3.34. The van der Waals surface area contributed by atoms with E-state index in [0.29, 0.717) is 11.8 Å². The maximum atomic E-state index is 10.4. The zero-order valence-electron chi connectivity index (χ0n) is 9.29. The van der Waals surface area contributed by atoms with Crippen LogP contribution in [0.3, 0.4) is 0 Å². The number of nitrogens with zero attached hydrogens (tertiary/aromatic N) is 1. The van der Waals surface area contributed by atoms with Crippen LogP contribution in [0.25, 0.3) is 18.0 Å². The van der Waals surface area contributed by atoms with Crippen LogP contribution in [0.2, 0.25) is 0 Å². The summed E-state index contributed by atoms with van der Waals surface area (Å²) in [4.78, 5) is 9.73. The molecule has 0 aliphatic rings. The van der Waals surface area contributed by atoms with E-state index < -0.39 is 4.92 Å². The fourth-order valence-corrected chi connectivity index (χ4v) is 1.51. The molecule has 1 N–H and O–H groups in total. The van der Waals surface area contributed by atoms with E-state index in [1.54, 1.807) is 12.1 Å². The van der Waals surface area contributed by atoms with Crippen molar-refractivity contribution in [3.63, 3.8) is 0 Å². The van der Waals surface area contributed by atoms with Crippen LogP contribution in [0.15, 0.2) is 48.7 Å². The Morgan fingerprint density at radius 3 is 2.75 bits per heavy atom. The standard InChI is InChI=1S/C12H9NO3/c14-12(8-13(15)16)11-6-5-9-3-1-2-4-10(9)7-11/h1-8,14H/b12-8+/i/hT. The van der Waals surface area contributed by atoms with Gasteiger partial charge in [-0.3, -0.25) is 10.1 Å². The topological polar surface area (TPSA) is 63.4 Å². The molecule has 0 unspecified atom stereocenters. The zero-order valence-corrected chi connectivity index (χ0v) is 8.29. The maximum Gasteiger partial charge on any atom is 0.293 e. The van der Waals surface area contributed by atoms with Gasteiger partial charge in [-0.1, -0.05) is 36.4 Å². The van der Waals surface area contributed by atoms with Gasteiger partial charge in [0.15, 0.2) is 5.76 Å². The largest absolute Gasteiger partial charge is 0.502 e. The van der Waals surface area contributed by atoms with Crippen LogP contribution in [0, 0.1) is 10.1 Å². The van der Waals surface area contributed by atoms with Crippen molar-refractivity contribution >= 4 is 16.5 Å². The summed E-state index contributed by atoms with van der Waals surface area (Å²) in [6, 6.07) is 12.9. The molecule has 0 aromatic heterocycles. The van der Waals surface area contributed by atoms with Gasteiger partial charge in [-0.15, -0.1) is 0 Å². The Kier molecular flexibility index (Phi) is 2.24. The van der Waals surface area contributed by atoms with E-state index in [1.807, 2.05) is 30.3 Å². The van der Waals surface area contributed by atoms with Crippen molar-refractivity contribution in [3.05, 3.63) is 64.3 Å². The molecule has 2 aromatic rings. The summed E-state index contributed by atoms with van der Waals surface area (Å²) >= 11 is 0. The predicted octanol–water partition coefficient (Wildman–Crippen LogP) is 2.97. The van der Waals surface area contributed by atoms with Crippen molar-refractivity contribution in [3.8, 4) is 0 Å². The molecule has 0 aliphatic heterocycles. The van der Waals surface area contributed by atoms with E-state index in [-0.39, 0.29) is 5.76 Å². The molecule has 0 amide bonds. The maximum absolute atomic E-state index is 10.4. The summed E-state index contributed by atoms with van der Waals surface area (Å²) in [5.41, 5.74) is 0.510. The first-order valence-corrected chi connectivity index (χ1v) is 4.68. The number of aliphatic hydroxyl groups excluding tert-OH is 1. The average molecular weight is 217 g/mol. The normalized spacial score (nSPS) is 12.2. The van der Waals surface area contributed by atoms with Gasteiger partial charge in [-0.25, -0.2) is 0 Å². The molecular formula is C12H9NO3. The van der Waals surface area contributed by atoms with Crippen LogP contribution in [0.4, 0.5) is 0 Å². The fourth-order valence-electron chi connectivity index (χ4n) is 1.51. The number of benzene rings is 2. The Hall–Kier alpha value is -2.36. The van der Waals surface area contributed by atoms with Crippen molar-refractivity contribution in [2.24, 2.45) is 0 Å². The SMILES string of the molecule is [3H]O/C(=C/[N+](=O)[O-])c1ccc2ccccc2c1. The van der Waals surface area contributed by atoms with Gasteiger partial charge >= 0.3 is 0 Å². The molecule has 0 fully saturated rings. The lowest BCUT2D eigenvalue weighted by molar-refractivity contribution is -0.402. The molecule has 4 heteroatoms. The molecule has 0 atom stereocenters. The van der Waals surface area contributed by atoms with Crippen LogP contribution >= 0.6 is 0 Å². The highest BCUT2D eigenvalue weighted by Crippen LogP contribution is 2.19. The highest BCUT2D eigenvalue weighted by atomic mass is 16.6. The zero-order chi connectivity index (χ0) is 12.3. The van der Waals surface area contributed by atoms with E-state index in [4.69, 9.17) is 1.43 Å². The summed E-state index contributed by atoms with van der Waals surface area (Å²) in [5, 5.41) is 16.6. The predicted molar refractivity (Wildman–Crippen MR) is 61.5 cm³/mol. The Morgan fingerprint density at radius 1 is 1.31 bits per heavy atom. The third-order valence-corrected chi connectivity index (χ3v) is 2.26. The lowest BCUT2D eigenvalue weighted by Crippen LogP contribution is -1.90. The van der Waals surface area contributed by atoms with E-state index in [1.165, 1.54) is 0 Å². The van der Waals surface area contributed by atoms with E-state index in [2.05, 4.69) is 5.11 Å². The lowest BCUT2D eigenvalue weighted by Gasteiger charge is -2.00. The van der Waals surface area contributed by atoms with Gasteiger partial charge in [-0.05, 0) is 16.8 Å². The summed E-state index contributed by atoms with van der Waals surface area (Å²) in [6.07, 6.45) is 0.678. The van der Waals surface area contributed by atoms with Crippen LogP contribution in [0.1, 0.15) is 5.56 Å². The van der Waals surface area contributed by atoms with Crippen LogP contribution < -0.4 is 0 Å². The minimum atomic E-state index is -0.640. The van der Waals surface area contributed by atoms with Crippen molar-refractivity contribution < 1.29 is 10.0 Å². The Labute approximate surface area is 93.1 Å². The van der Waals surface area contributed by atoms with Crippen LogP contribution in [-0.4, -0.2) is 10.0 Å². The molecule has 16 heavy (non-hydrogen) atoms. The molecule has 0 aliphatic carbocycles. The highest BCUT2D eigenvalue weighted by molar-refractivity contribution is 5.85. The minimum absolute atomic E-state index is 0.0826. The van der Waals surface area contributed by atoms with Crippen molar-refractivity contribution in [2.75, 3.05) is 0 Å². The summed E-state index contributed by atoms with van der Waals surface area (Å²) < 4.78 is 6.83. The van der Waals surface area contributed by atoms with Gasteiger partial charge < -0.3 is 5.11 Å². The van der Waals surface area contributed by atoms with Crippen molar-refractivity contribution in [2.45, 2.75) is 0 Å². The van der Waals surface area contributed by atoms with Crippen LogP contribution in [0.5, 0.6) is 0 Å². The fraction of sp³-hybridized carbons (Fsp3) is 0. The van der Waals surface area contributed by atoms with Gasteiger partial charge in [0.05, 0.1) is 4.92 Å². The van der Waals surface area contributed by atoms with E-state index in [0.717, 1.165) is 10.8 Å². The summed E-state index contributed by atoms with van der Waals surface area (Å²) in [7, 11) is 0. The number of fused-ring (bicyclic) bond motifs is 1. The minimum Gasteiger partial charge on any atom is -0.502 e. The molecular weight excluding hydrogens is 206 g/mol. The first-order valence-electron chi connectivity index (χ1n) is 5.09. The molecule has 80 valence electrons. The highest BCUT2D eigenvalue weighted by Gasteiger charge is 2.04. The van der Waals surface area contributed by atoms with Gasteiger partial charge in [0.2, 0.25) is 0 Å². The summed E-state index contributed by atoms with van der Waals surface area (Å²) in [6.45, 7) is 0. The third-order valence-electron chi connectivity index (χ3n) is 2.26. The molecule has 2 aromatic carbocycles. The average Bonchev–Trinajstić information content (AvgIpc) is 2.35. The quantitative estimate of drug-likeness (QED) is 0.488. The molecule has 0 heterocycles. The Balaban J connectivity index is 2.51. The molecule has 0 bridgehead atoms. The van der Waals surface area contributed by atoms with E-state index >= 15 is 0 Å². The van der Waals surface area contributed by atoms with Crippen molar-refractivity contribution in [1.82, 2.24) is 0 Å². The monoisotopic (exact) mass is 217 g/mol. The number of rotatable bonds is 3. The molecule has 0 spiro atoms. The third kappa shape index (κ3) is 2.00. The lowest BCUT2D eigenvalue weighted by atomic mass is 10.1. The first kappa shape index (κ1) is 8.91.